The highest BCUT2D eigenvalue weighted by Gasteiger charge is 2.28. The summed E-state index contributed by atoms with van der Waals surface area (Å²) in [6, 6.07) is -0.977. The Labute approximate surface area is 273 Å². The van der Waals surface area contributed by atoms with Crippen LogP contribution in [0.15, 0.2) is 0 Å². The van der Waals surface area contributed by atoms with Gasteiger partial charge in [0.2, 0.25) is 5.91 Å². The quantitative estimate of drug-likeness (QED) is 0.0450. The highest BCUT2D eigenvalue weighted by molar-refractivity contribution is 5.80. The second kappa shape index (κ2) is 33.7. The van der Waals surface area contributed by atoms with Crippen molar-refractivity contribution in [2.75, 3.05) is 6.61 Å². The molecule has 4 atom stereocenters. The van der Waals surface area contributed by atoms with Gasteiger partial charge in [-0.05, 0) is 12.8 Å². The largest absolute Gasteiger partial charge is 0.394 e. The highest BCUT2D eigenvalue weighted by Crippen LogP contribution is 2.16. The van der Waals surface area contributed by atoms with Crippen molar-refractivity contribution in [3.8, 4) is 0 Å². The highest BCUT2D eigenvalue weighted by atomic mass is 16.3. The lowest BCUT2D eigenvalue weighted by Gasteiger charge is -2.27. The zero-order valence-corrected chi connectivity index (χ0v) is 29.4. The SMILES string of the molecule is CCCCCCCCCCCCCCCCCCCC(O)C(O)C(CO)NC(=O)C(O)CCCCCCCCCCCCC. The first-order chi connectivity index (χ1) is 21.5. The number of rotatable bonds is 35. The topological polar surface area (TPSA) is 110 Å². The summed E-state index contributed by atoms with van der Waals surface area (Å²) in [6.45, 7) is 4.03. The van der Waals surface area contributed by atoms with Gasteiger partial charge in [-0.15, -0.1) is 0 Å². The maximum absolute atomic E-state index is 12.4. The first-order valence-electron chi connectivity index (χ1n) is 19.4. The molecule has 0 spiro atoms. The summed E-state index contributed by atoms with van der Waals surface area (Å²) in [5, 5.41) is 43.5. The molecule has 0 heterocycles. The molecule has 5 N–H and O–H groups in total. The Kier molecular flexibility index (Phi) is 33.1. The third kappa shape index (κ3) is 27.6. The zero-order valence-electron chi connectivity index (χ0n) is 29.4. The van der Waals surface area contributed by atoms with Gasteiger partial charge in [0.15, 0.2) is 0 Å². The predicted octanol–water partition coefficient (Wildman–Crippen LogP) is 9.29. The normalized spacial score (nSPS) is 14.4. The Balaban J connectivity index is 3.75. The van der Waals surface area contributed by atoms with Crippen molar-refractivity contribution in [2.24, 2.45) is 0 Å². The van der Waals surface area contributed by atoms with Gasteiger partial charge in [0.05, 0.1) is 18.8 Å². The molecular formula is C38H77NO5. The number of aliphatic hydroxyl groups is 4. The van der Waals surface area contributed by atoms with Crippen molar-refractivity contribution >= 4 is 5.91 Å². The minimum Gasteiger partial charge on any atom is -0.394 e. The number of hydrogen-bond donors (Lipinski definition) is 5. The molecule has 0 rings (SSSR count). The lowest BCUT2D eigenvalue weighted by atomic mass is 9.99. The first-order valence-corrected chi connectivity index (χ1v) is 19.4. The third-order valence-corrected chi connectivity index (χ3v) is 9.32. The molecule has 0 fully saturated rings. The molecule has 0 aromatic rings. The molecular weight excluding hydrogens is 550 g/mol. The Morgan fingerprint density at radius 1 is 0.477 bits per heavy atom. The minimum absolute atomic E-state index is 0.374. The van der Waals surface area contributed by atoms with Crippen LogP contribution in [0.3, 0.4) is 0 Å². The van der Waals surface area contributed by atoms with E-state index in [2.05, 4.69) is 19.2 Å². The fourth-order valence-corrected chi connectivity index (χ4v) is 6.17. The molecule has 264 valence electrons. The van der Waals surface area contributed by atoms with E-state index in [1.807, 2.05) is 0 Å². The number of aliphatic hydroxyl groups excluding tert-OH is 4. The summed E-state index contributed by atoms with van der Waals surface area (Å²) < 4.78 is 0. The van der Waals surface area contributed by atoms with E-state index >= 15 is 0 Å². The Morgan fingerprint density at radius 2 is 0.773 bits per heavy atom. The molecule has 1 amide bonds. The maximum Gasteiger partial charge on any atom is 0.249 e. The molecule has 6 nitrogen and oxygen atoms in total. The van der Waals surface area contributed by atoms with Gasteiger partial charge in [0.1, 0.15) is 12.2 Å². The van der Waals surface area contributed by atoms with Gasteiger partial charge in [-0.1, -0.05) is 194 Å². The second-order valence-electron chi connectivity index (χ2n) is 13.6. The average molecular weight is 628 g/mol. The van der Waals surface area contributed by atoms with Crippen molar-refractivity contribution in [2.45, 2.75) is 231 Å². The second-order valence-corrected chi connectivity index (χ2v) is 13.6. The van der Waals surface area contributed by atoms with Crippen LogP contribution in [0.2, 0.25) is 0 Å². The number of unbranched alkanes of at least 4 members (excludes halogenated alkanes) is 26. The van der Waals surface area contributed by atoms with Crippen molar-refractivity contribution in [1.82, 2.24) is 5.32 Å². The van der Waals surface area contributed by atoms with Crippen LogP contribution >= 0.6 is 0 Å². The summed E-state index contributed by atoms with van der Waals surface area (Å²) in [5.74, 6) is -0.583. The van der Waals surface area contributed by atoms with Gasteiger partial charge in [-0.3, -0.25) is 4.79 Å². The zero-order chi connectivity index (χ0) is 32.5. The van der Waals surface area contributed by atoms with E-state index in [0.29, 0.717) is 12.8 Å². The van der Waals surface area contributed by atoms with Crippen LogP contribution in [0.4, 0.5) is 0 Å². The fraction of sp³-hybridized carbons (Fsp3) is 0.974. The van der Waals surface area contributed by atoms with Crippen molar-refractivity contribution in [1.29, 1.82) is 0 Å². The monoisotopic (exact) mass is 628 g/mol. The molecule has 0 bridgehead atoms. The number of hydrogen-bond acceptors (Lipinski definition) is 5. The summed E-state index contributed by atoms with van der Waals surface area (Å²) in [6.07, 6.45) is 32.7. The molecule has 0 aromatic heterocycles. The average Bonchev–Trinajstić information content (AvgIpc) is 3.03. The van der Waals surface area contributed by atoms with Crippen LogP contribution < -0.4 is 5.32 Å². The van der Waals surface area contributed by atoms with Gasteiger partial charge in [-0.25, -0.2) is 0 Å². The fourth-order valence-electron chi connectivity index (χ4n) is 6.17. The van der Waals surface area contributed by atoms with E-state index in [-0.39, 0.29) is 0 Å². The van der Waals surface area contributed by atoms with Gasteiger partial charge in [0.25, 0.3) is 0 Å². The molecule has 44 heavy (non-hydrogen) atoms. The predicted molar refractivity (Wildman–Crippen MR) is 187 cm³/mol. The van der Waals surface area contributed by atoms with Crippen molar-refractivity contribution in [3.05, 3.63) is 0 Å². The molecule has 0 aliphatic heterocycles. The smallest absolute Gasteiger partial charge is 0.249 e. The number of nitrogens with one attached hydrogen (secondary N) is 1. The van der Waals surface area contributed by atoms with Crippen molar-refractivity contribution < 1.29 is 25.2 Å². The molecule has 0 saturated carbocycles. The van der Waals surface area contributed by atoms with Gasteiger partial charge >= 0.3 is 0 Å². The summed E-state index contributed by atoms with van der Waals surface area (Å²) in [4.78, 5) is 12.4. The number of carbonyl (C=O) groups excluding carboxylic acids is 1. The molecule has 0 aromatic carbocycles. The number of carbonyl (C=O) groups is 1. The van der Waals surface area contributed by atoms with Gasteiger partial charge in [-0.2, -0.15) is 0 Å². The van der Waals surface area contributed by atoms with Crippen LogP contribution in [0.1, 0.15) is 206 Å². The Morgan fingerprint density at radius 3 is 1.09 bits per heavy atom. The van der Waals surface area contributed by atoms with Gasteiger partial charge in [0, 0.05) is 0 Å². The maximum atomic E-state index is 12.4. The van der Waals surface area contributed by atoms with Crippen LogP contribution in [0.25, 0.3) is 0 Å². The lowest BCUT2D eigenvalue weighted by molar-refractivity contribution is -0.132. The van der Waals surface area contributed by atoms with E-state index in [1.165, 1.54) is 141 Å². The first kappa shape index (κ1) is 43.3. The van der Waals surface area contributed by atoms with E-state index in [9.17, 15) is 25.2 Å². The molecule has 0 radical (unpaired) electrons. The summed E-state index contributed by atoms with van der Waals surface area (Å²) >= 11 is 0. The Bertz CT molecular complexity index is 590. The number of amides is 1. The Hall–Kier alpha value is -0.690. The van der Waals surface area contributed by atoms with Crippen LogP contribution in [-0.4, -0.2) is 57.3 Å². The van der Waals surface area contributed by atoms with E-state index in [0.717, 1.165) is 38.5 Å². The molecule has 6 heteroatoms. The molecule has 4 unspecified atom stereocenters. The third-order valence-electron chi connectivity index (χ3n) is 9.32. The summed E-state index contributed by atoms with van der Waals surface area (Å²) in [7, 11) is 0. The van der Waals surface area contributed by atoms with Crippen LogP contribution in [0.5, 0.6) is 0 Å². The molecule has 0 aliphatic rings. The molecule has 0 aliphatic carbocycles. The van der Waals surface area contributed by atoms with Crippen LogP contribution in [0, 0.1) is 0 Å². The standard InChI is InChI=1S/C38H77NO5/c1-3-5-7-9-11-13-15-16-17-18-19-20-22-23-25-27-29-31-35(41)37(43)34(33-40)39-38(44)36(42)32-30-28-26-24-21-14-12-10-8-6-4-2/h34-37,40-43H,3-33H2,1-2H3,(H,39,44). The van der Waals surface area contributed by atoms with E-state index in [4.69, 9.17) is 0 Å². The molecule has 0 saturated heterocycles. The van der Waals surface area contributed by atoms with Crippen LogP contribution in [-0.2, 0) is 4.79 Å². The van der Waals surface area contributed by atoms with E-state index in [1.54, 1.807) is 0 Å². The minimum atomic E-state index is -1.25. The van der Waals surface area contributed by atoms with Crippen molar-refractivity contribution in [3.63, 3.8) is 0 Å². The van der Waals surface area contributed by atoms with E-state index < -0.39 is 36.9 Å². The summed E-state index contributed by atoms with van der Waals surface area (Å²) in [5.41, 5.74) is 0. The van der Waals surface area contributed by atoms with Gasteiger partial charge < -0.3 is 25.7 Å². The lowest BCUT2D eigenvalue weighted by Crippen LogP contribution is -2.53.